The number of likely N-dealkylation sites (N-methyl/N-ethyl adjacent to an activating group) is 1. The predicted octanol–water partition coefficient (Wildman–Crippen LogP) is 16.7. The van der Waals surface area contributed by atoms with Gasteiger partial charge in [-0.15, -0.1) is 0 Å². The Kier molecular flexibility index (Phi) is 48.8. The van der Waals surface area contributed by atoms with Crippen LogP contribution in [0.5, 0.6) is 0 Å². The van der Waals surface area contributed by atoms with Gasteiger partial charge in [-0.2, -0.15) is 0 Å². The standard InChI is InChI=1S/C59H111N2O6P/c1-6-8-10-12-14-16-18-20-22-24-25-26-27-28-29-30-31-32-33-34-35-37-39-41-43-45-47-49-51-53-59(63)60-57(56-67-68(64,65)66-55-54-61(3,4)5)58(62)52-50-48-46-44-42-40-38-36-23-21-19-17-15-13-11-9-7-2/h8,10,14,16,20,22,25-26,50,52,57-58,62H,6-7,9,11-13,15,17-19,21,23-24,27-49,51,53-56H2,1-5H3,(H-,60,63,64,65)/b10-8-,16-14-,22-20-,26-25-,52-50+. The molecule has 68 heavy (non-hydrogen) atoms. The summed E-state index contributed by atoms with van der Waals surface area (Å²) < 4.78 is 23.3. The van der Waals surface area contributed by atoms with Crippen LogP contribution in [0.2, 0.25) is 0 Å². The summed E-state index contributed by atoms with van der Waals surface area (Å²) in [4.78, 5) is 25.5. The van der Waals surface area contributed by atoms with Crippen molar-refractivity contribution in [2.24, 2.45) is 0 Å². The Hall–Kier alpha value is -1.80. The Bertz CT molecular complexity index is 1290. The van der Waals surface area contributed by atoms with Crippen molar-refractivity contribution in [2.45, 2.75) is 270 Å². The van der Waals surface area contributed by atoms with Crippen molar-refractivity contribution in [1.82, 2.24) is 5.32 Å². The maximum atomic E-state index is 13.0. The highest BCUT2D eigenvalue weighted by atomic mass is 31.2. The van der Waals surface area contributed by atoms with Crippen molar-refractivity contribution in [3.63, 3.8) is 0 Å². The van der Waals surface area contributed by atoms with Crippen LogP contribution in [0, 0.1) is 0 Å². The summed E-state index contributed by atoms with van der Waals surface area (Å²) in [5, 5.41) is 13.9. The number of hydrogen-bond acceptors (Lipinski definition) is 6. The number of phosphoric ester groups is 1. The van der Waals surface area contributed by atoms with Crippen molar-refractivity contribution < 1.29 is 32.9 Å². The van der Waals surface area contributed by atoms with Crippen LogP contribution in [-0.4, -0.2) is 68.5 Å². The van der Waals surface area contributed by atoms with Crippen LogP contribution in [-0.2, 0) is 18.4 Å². The molecule has 2 N–H and O–H groups in total. The number of phosphoric acid groups is 1. The zero-order chi connectivity index (χ0) is 49.9. The molecule has 398 valence electrons. The van der Waals surface area contributed by atoms with Gasteiger partial charge in [0.25, 0.3) is 7.82 Å². The minimum atomic E-state index is -4.60. The van der Waals surface area contributed by atoms with Gasteiger partial charge < -0.3 is 28.8 Å². The lowest BCUT2D eigenvalue weighted by molar-refractivity contribution is -0.870. The monoisotopic (exact) mass is 975 g/mol. The van der Waals surface area contributed by atoms with E-state index in [0.29, 0.717) is 17.4 Å². The van der Waals surface area contributed by atoms with E-state index in [1.807, 2.05) is 27.2 Å². The van der Waals surface area contributed by atoms with E-state index in [-0.39, 0.29) is 19.1 Å². The van der Waals surface area contributed by atoms with Crippen LogP contribution in [0.15, 0.2) is 60.8 Å². The Morgan fingerprint density at radius 2 is 0.897 bits per heavy atom. The Labute approximate surface area is 422 Å². The molecular weight excluding hydrogens is 864 g/mol. The number of allylic oxidation sites excluding steroid dienone is 9. The van der Waals surface area contributed by atoms with Crippen molar-refractivity contribution in [1.29, 1.82) is 0 Å². The summed E-state index contributed by atoms with van der Waals surface area (Å²) in [5.74, 6) is -0.196. The molecule has 9 heteroatoms. The van der Waals surface area contributed by atoms with Crippen LogP contribution in [0.1, 0.15) is 258 Å². The highest BCUT2D eigenvalue weighted by Crippen LogP contribution is 2.38. The number of carbonyl (C=O) groups excluding carboxylic acids is 1. The Morgan fingerprint density at radius 3 is 1.31 bits per heavy atom. The fraction of sp³-hybridized carbons (Fsp3) is 0.814. The number of quaternary nitrogens is 1. The molecule has 0 spiro atoms. The molecule has 0 aliphatic heterocycles. The molecule has 1 amide bonds. The van der Waals surface area contributed by atoms with Crippen LogP contribution < -0.4 is 10.2 Å². The predicted molar refractivity (Wildman–Crippen MR) is 293 cm³/mol. The zero-order valence-corrected chi connectivity index (χ0v) is 46.2. The molecule has 0 aliphatic rings. The third-order valence-electron chi connectivity index (χ3n) is 12.7. The van der Waals surface area contributed by atoms with Gasteiger partial charge in [-0.3, -0.25) is 9.36 Å². The topological polar surface area (TPSA) is 108 Å². The van der Waals surface area contributed by atoms with E-state index in [2.05, 4.69) is 67.8 Å². The molecule has 0 heterocycles. The summed E-state index contributed by atoms with van der Waals surface area (Å²) in [6, 6.07) is -0.887. The average Bonchev–Trinajstić information content (AvgIpc) is 3.30. The minimum Gasteiger partial charge on any atom is -0.756 e. The maximum absolute atomic E-state index is 13.0. The van der Waals surface area contributed by atoms with Crippen LogP contribution >= 0.6 is 7.82 Å². The lowest BCUT2D eigenvalue weighted by Gasteiger charge is -2.29. The number of aliphatic hydroxyl groups is 1. The fourth-order valence-electron chi connectivity index (χ4n) is 8.26. The van der Waals surface area contributed by atoms with Gasteiger partial charge in [-0.25, -0.2) is 0 Å². The summed E-state index contributed by atoms with van der Waals surface area (Å²) in [6.07, 6.45) is 67.2. The molecule has 8 nitrogen and oxygen atoms in total. The molecule has 0 bridgehead atoms. The smallest absolute Gasteiger partial charge is 0.268 e. The molecular formula is C59H111N2O6P. The van der Waals surface area contributed by atoms with Gasteiger partial charge in [0.15, 0.2) is 0 Å². The van der Waals surface area contributed by atoms with E-state index in [0.717, 1.165) is 64.2 Å². The molecule has 0 aromatic heterocycles. The Balaban J connectivity index is 4.14. The van der Waals surface area contributed by atoms with Crippen LogP contribution in [0.3, 0.4) is 0 Å². The molecule has 0 aliphatic carbocycles. The molecule has 0 aromatic carbocycles. The van der Waals surface area contributed by atoms with Crippen molar-refractivity contribution >= 4 is 13.7 Å². The first-order chi connectivity index (χ1) is 33.0. The molecule has 3 unspecified atom stereocenters. The average molecular weight is 976 g/mol. The van der Waals surface area contributed by atoms with Gasteiger partial charge in [0, 0.05) is 6.42 Å². The van der Waals surface area contributed by atoms with Gasteiger partial charge in [0.2, 0.25) is 5.91 Å². The molecule has 3 atom stereocenters. The van der Waals surface area contributed by atoms with Crippen molar-refractivity contribution in [3.05, 3.63) is 60.8 Å². The van der Waals surface area contributed by atoms with E-state index >= 15 is 0 Å². The highest BCUT2D eigenvalue weighted by molar-refractivity contribution is 7.45. The molecule has 0 saturated carbocycles. The van der Waals surface area contributed by atoms with Gasteiger partial charge in [0.1, 0.15) is 13.2 Å². The first-order valence-corrected chi connectivity index (χ1v) is 30.1. The number of nitrogens with zero attached hydrogens (tertiary/aromatic N) is 1. The second kappa shape index (κ2) is 50.2. The second-order valence-electron chi connectivity index (χ2n) is 20.6. The number of carbonyl (C=O) groups is 1. The lowest BCUT2D eigenvalue weighted by Crippen LogP contribution is -2.45. The summed E-state index contributed by atoms with van der Waals surface area (Å²) >= 11 is 0. The molecule has 0 radical (unpaired) electrons. The van der Waals surface area contributed by atoms with E-state index in [1.54, 1.807) is 6.08 Å². The number of unbranched alkanes of at least 4 members (excludes halogenated alkanes) is 31. The van der Waals surface area contributed by atoms with E-state index in [9.17, 15) is 19.4 Å². The minimum absolute atomic E-state index is 0.00138. The summed E-state index contributed by atoms with van der Waals surface area (Å²) in [5.41, 5.74) is 0. The number of hydrogen-bond donors (Lipinski definition) is 2. The van der Waals surface area contributed by atoms with E-state index in [1.165, 1.54) is 173 Å². The van der Waals surface area contributed by atoms with Crippen LogP contribution in [0.4, 0.5) is 0 Å². The fourth-order valence-corrected chi connectivity index (χ4v) is 8.99. The third-order valence-corrected chi connectivity index (χ3v) is 13.7. The first kappa shape index (κ1) is 66.2. The van der Waals surface area contributed by atoms with Crippen molar-refractivity contribution in [2.75, 3.05) is 40.9 Å². The quantitative estimate of drug-likeness (QED) is 0.0272. The first-order valence-electron chi connectivity index (χ1n) is 28.7. The normalized spacial score (nSPS) is 14.4. The molecule has 0 aromatic rings. The molecule has 0 rings (SSSR count). The number of amides is 1. The zero-order valence-electron chi connectivity index (χ0n) is 45.3. The van der Waals surface area contributed by atoms with Gasteiger partial charge in [0.05, 0.1) is 39.9 Å². The molecule has 0 saturated heterocycles. The SMILES string of the molecule is CC/C=C\C/C=C\C/C=C\C/C=C\CCCCCCCCCCCCCCCCCCC(=O)NC(COP(=O)([O-])OCC[N+](C)(C)C)C(O)/C=C/CCCCCCCCCCCCCCCCC. The van der Waals surface area contributed by atoms with E-state index in [4.69, 9.17) is 9.05 Å². The van der Waals surface area contributed by atoms with E-state index < -0.39 is 20.0 Å². The number of rotatable bonds is 52. The maximum Gasteiger partial charge on any atom is 0.268 e. The third kappa shape index (κ3) is 52.0. The van der Waals surface area contributed by atoms with Gasteiger partial charge in [-0.05, 0) is 57.8 Å². The van der Waals surface area contributed by atoms with Crippen LogP contribution in [0.25, 0.3) is 0 Å². The van der Waals surface area contributed by atoms with Gasteiger partial charge >= 0.3 is 0 Å². The highest BCUT2D eigenvalue weighted by Gasteiger charge is 2.23. The van der Waals surface area contributed by atoms with Crippen molar-refractivity contribution in [3.8, 4) is 0 Å². The Morgan fingerprint density at radius 1 is 0.529 bits per heavy atom. The summed E-state index contributed by atoms with van der Waals surface area (Å²) in [7, 11) is 1.26. The van der Waals surface area contributed by atoms with Gasteiger partial charge in [-0.1, -0.05) is 254 Å². The lowest BCUT2D eigenvalue weighted by atomic mass is 10.0. The molecule has 0 fully saturated rings. The number of nitrogens with one attached hydrogen (secondary N) is 1. The second-order valence-corrected chi connectivity index (χ2v) is 22.0. The largest absolute Gasteiger partial charge is 0.756 e. The summed E-state index contributed by atoms with van der Waals surface area (Å²) in [6.45, 7) is 4.56. The number of aliphatic hydroxyl groups excluding tert-OH is 1.